The van der Waals surface area contributed by atoms with Gasteiger partial charge in [-0.2, -0.15) is 5.26 Å². The van der Waals surface area contributed by atoms with Gasteiger partial charge >= 0.3 is 0 Å². The molecule has 0 aromatic heterocycles. The fourth-order valence-electron chi connectivity index (χ4n) is 1.83. The van der Waals surface area contributed by atoms with Gasteiger partial charge in [0, 0.05) is 0 Å². The molecular weight excluding hydrogens is 288 g/mol. The molecule has 0 fully saturated rings. The van der Waals surface area contributed by atoms with Crippen molar-refractivity contribution in [3.63, 3.8) is 0 Å². The Balaban J connectivity index is 2.41. The summed E-state index contributed by atoms with van der Waals surface area (Å²) >= 11 is 0. The molecule has 0 heterocycles. The fraction of sp³-hybridized carbons (Fsp3) is 0.133. The lowest BCUT2D eigenvalue weighted by Gasteiger charge is -2.13. The normalized spacial score (nSPS) is 10.7. The van der Waals surface area contributed by atoms with E-state index in [9.17, 15) is 8.42 Å². The molecule has 21 heavy (non-hydrogen) atoms. The molecule has 0 unspecified atom stereocenters. The Bertz CT molecular complexity index is 780. The van der Waals surface area contributed by atoms with E-state index in [4.69, 9.17) is 10.00 Å². The first-order valence-electron chi connectivity index (χ1n) is 6.32. The molecule has 0 spiro atoms. The van der Waals surface area contributed by atoms with Crippen molar-refractivity contribution in [2.75, 3.05) is 11.3 Å². The van der Waals surface area contributed by atoms with Gasteiger partial charge in [-0.15, -0.1) is 0 Å². The zero-order valence-corrected chi connectivity index (χ0v) is 12.2. The molecular formula is C15H14N2O3S. The maximum absolute atomic E-state index is 12.4. The molecule has 108 valence electrons. The predicted octanol–water partition coefficient (Wildman–Crippen LogP) is 2.76. The highest BCUT2D eigenvalue weighted by Gasteiger charge is 2.19. The monoisotopic (exact) mass is 302 g/mol. The summed E-state index contributed by atoms with van der Waals surface area (Å²) in [5, 5.41) is 9.02. The number of hydrogen-bond acceptors (Lipinski definition) is 4. The molecule has 5 nitrogen and oxygen atoms in total. The summed E-state index contributed by atoms with van der Waals surface area (Å²) in [5.74, 6) is 0.443. The van der Waals surface area contributed by atoms with Crippen molar-refractivity contribution in [1.29, 1.82) is 5.26 Å². The number of nitriles is 1. The van der Waals surface area contributed by atoms with Crippen molar-refractivity contribution in [3.8, 4) is 11.8 Å². The van der Waals surface area contributed by atoms with Crippen molar-refractivity contribution in [1.82, 2.24) is 0 Å². The van der Waals surface area contributed by atoms with Crippen LogP contribution in [0.2, 0.25) is 0 Å². The zero-order chi connectivity index (χ0) is 15.3. The highest BCUT2D eigenvalue weighted by Crippen LogP contribution is 2.27. The minimum atomic E-state index is -3.85. The number of hydrogen-bond donors (Lipinski definition) is 1. The largest absolute Gasteiger partial charge is 0.492 e. The van der Waals surface area contributed by atoms with Crippen LogP contribution in [-0.2, 0) is 10.0 Å². The van der Waals surface area contributed by atoms with Crippen LogP contribution in [-0.4, -0.2) is 15.0 Å². The van der Waals surface area contributed by atoms with E-state index in [0.29, 0.717) is 18.0 Å². The van der Waals surface area contributed by atoms with Crippen LogP contribution < -0.4 is 9.46 Å². The lowest BCUT2D eigenvalue weighted by molar-refractivity contribution is 0.342. The van der Waals surface area contributed by atoms with Gasteiger partial charge in [0.15, 0.2) is 0 Å². The SMILES string of the molecule is CCOc1ccccc1NS(=O)(=O)c1ccccc1C#N. The van der Waals surface area contributed by atoms with Gasteiger partial charge in [-0.3, -0.25) is 4.72 Å². The number of sulfonamides is 1. The number of anilines is 1. The van der Waals surface area contributed by atoms with Crippen LogP contribution in [0.1, 0.15) is 12.5 Å². The average Bonchev–Trinajstić information content (AvgIpc) is 2.49. The Morgan fingerprint density at radius 1 is 1.14 bits per heavy atom. The number of para-hydroxylation sites is 2. The predicted molar refractivity (Wildman–Crippen MR) is 79.6 cm³/mol. The Labute approximate surface area is 123 Å². The van der Waals surface area contributed by atoms with E-state index in [0.717, 1.165) is 0 Å². The molecule has 0 saturated carbocycles. The first-order chi connectivity index (χ1) is 10.1. The van der Waals surface area contributed by atoms with E-state index >= 15 is 0 Å². The van der Waals surface area contributed by atoms with Gasteiger partial charge in [-0.05, 0) is 31.2 Å². The molecule has 2 aromatic rings. The molecule has 1 N–H and O–H groups in total. The number of benzene rings is 2. The van der Waals surface area contributed by atoms with Gasteiger partial charge in [-0.25, -0.2) is 8.42 Å². The van der Waals surface area contributed by atoms with E-state index in [1.165, 1.54) is 12.1 Å². The van der Waals surface area contributed by atoms with Crippen LogP contribution in [0.5, 0.6) is 5.75 Å². The molecule has 0 atom stereocenters. The van der Waals surface area contributed by atoms with Gasteiger partial charge in [0.05, 0.1) is 17.9 Å². The summed E-state index contributed by atoms with van der Waals surface area (Å²) in [6.07, 6.45) is 0. The molecule has 2 rings (SSSR count). The van der Waals surface area contributed by atoms with E-state index in [-0.39, 0.29) is 10.5 Å². The molecule has 2 aromatic carbocycles. The highest BCUT2D eigenvalue weighted by atomic mass is 32.2. The van der Waals surface area contributed by atoms with E-state index in [1.54, 1.807) is 36.4 Å². The third-order valence-corrected chi connectivity index (χ3v) is 4.15. The Kier molecular flexibility index (Phi) is 4.45. The van der Waals surface area contributed by atoms with Crippen LogP contribution >= 0.6 is 0 Å². The summed E-state index contributed by atoms with van der Waals surface area (Å²) in [5.41, 5.74) is 0.436. The molecule has 0 aliphatic heterocycles. The number of ether oxygens (including phenoxy) is 1. The van der Waals surface area contributed by atoms with Gasteiger partial charge < -0.3 is 4.74 Å². The number of nitrogens with one attached hydrogen (secondary N) is 1. The topological polar surface area (TPSA) is 79.2 Å². The lowest BCUT2D eigenvalue weighted by Crippen LogP contribution is -2.15. The molecule has 0 aliphatic carbocycles. The highest BCUT2D eigenvalue weighted by molar-refractivity contribution is 7.92. The standard InChI is InChI=1S/C15H14N2O3S/c1-2-20-14-9-5-4-8-13(14)17-21(18,19)15-10-6-3-7-12(15)11-16/h3-10,17H,2H2,1H3. The second kappa shape index (κ2) is 6.29. The smallest absolute Gasteiger partial charge is 0.263 e. The first-order valence-corrected chi connectivity index (χ1v) is 7.80. The van der Waals surface area contributed by atoms with Crippen LogP contribution in [0.15, 0.2) is 53.4 Å². The van der Waals surface area contributed by atoms with Crippen molar-refractivity contribution in [2.24, 2.45) is 0 Å². The van der Waals surface area contributed by atoms with Gasteiger partial charge in [0.25, 0.3) is 10.0 Å². The van der Waals surface area contributed by atoms with Gasteiger partial charge in [0.2, 0.25) is 0 Å². The second-order valence-corrected chi connectivity index (χ2v) is 5.79. The summed E-state index contributed by atoms with van der Waals surface area (Å²) in [4.78, 5) is -0.0567. The first kappa shape index (κ1) is 14.9. The van der Waals surface area contributed by atoms with Crippen LogP contribution in [0, 0.1) is 11.3 Å². The van der Waals surface area contributed by atoms with E-state index < -0.39 is 10.0 Å². The Morgan fingerprint density at radius 3 is 2.52 bits per heavy atom. The Morgan fingerprint density at radius 2 is 1.81 bits per heavy atom. The van der Waals surface area contributed by atoms with Gasteiger partial charge in [-0.1, -0.05) is 24.3 Å². The summed E-state index contributed by atoms with van der Waals surface area (Å²) in [7, 11) is -3.85. The summed E-state index contributed by atoms with van der Waals surface area (Å²) < 4.78 is 32.7. The second-order valence-electron chi connectivity index (χ2n) is 4.14. The van der Waals surface area contributed by atoms with E-state index in [2.05, 4.69) is 4.72 Å². The minimum absolute atomic E-state index is 0.0567. The third kappa shape index (κ3) is 3.33. The summed E-state index contributed by atoms with van der Waals surface area (Å²) in [6.45, 7) is 2.24. The van der Waals surface area contributed by atoms with Crippen LogP contribution in [0.4, 0.5) is 5.69 Å². The molecule has 0 saturated heterocycles. The van der Waals surface area contributed by atoms with Crippen molar-refractivity contribution >= 4 is 15.7 Å². The Hall–Kier alpha value is -2.52. The number of nitrogens with zero attached hydrogens (tertiary/aromatic N) is 1. The zero-order valence-electron chi connectivity index (χ0n) is 11.4. The van der Waals surface area contributed by atoms with Crippen molar-refractivity contribution in [3.05, 3.63) is 54.1 Å². The minimum Gasteiger partial charge on any atom is -0.492 e. The lowest BCUT2D eigenvalue weighted by atomic mass is 10.2. The van der Waals surface area contributed by atoms with Gasteiger partial charge in [0.1, 0.15) is 16.7 Å². The van der Waals surface area contributed by atoms with Crippen LogP contribution in [0.3, 0.4) is 0 Å². The molecule has 6 heteroatoms. The molecule has 0 bridgehead atoms. The quantitative estimate of drug-likeness (QED) is 0.921. The van der Waals surface area contributed by atoms with Crippen molar-refractivity contribution < 1.29 is 13.2 Å². The maximum Gasteiger partial charge on any atom is 0.263 e. The molecule has 0 amide bonds. The summed E-state index contributed by atoms with van der Waals surface area (Å²) in [6, 6.07) is 14.7. The molecule has 0 aliphatic rings. The average molecular weight is 302 g/mol. The van der Waals surface area contributed by atoms with E-state index in [1.807, 2.05) is 13.0 Å². The van der Waals surface area contributed by atoms with Crippen molar-refractivity contribution in [2.45, 2.75) is 11.8 Å². The fourth-order valence-corrected chi connectivity index (χ4v) is 3.05. The van der Waals surface area contributed by atoms with Crippen LogP contribution in [0.25, 0.3) is 0 Å². The number of rotatable bonds is 5. The molecule has 0 radical (unpaired) electrons. The maximum atomic E-state index is 12.4. The third-order valence-electron chi connectivity index (χ3n) is 2.73.